The minimum atomic E-state index is -0.219. The van der Waals surface area contributed by atoms with Crippen LogP contribution in [0.25, 0.3) is 0 Å². The lowest BCUT2D eigenvalue weighted by Gasteiger charge is -2.07. The summed E-state index contributed by atoms with van der Waals surface area (Å²) in [6.07, 6.45) is 4.08. The van der Waals surface area contributed by atoms with Gasteiger partial charge < -0.3 is 4.74 Å². The SMILES string of the molecule is CC(Br)C(=O)C1=CC=C(OCc2ccccc2)CC#C1. The van der Waals surface area contributed by atoms with E-state index in [-0.39, 0.29) is 10.6 Å². The van der Waals surface area contributed by atoms with E-state index in [4.69, 9.17) is 4.74 Å². The van der Waals surface area contributed by atoms with E-state index in [0.29, 0.717) is 18.6 Å². The largest absolute Gasteiger partial charge is 0.492 e. The van der Waals surface area contributed by atoms with Gasteiger partial charge in [0.1, 0.15) is 12.4 Å². The molecule has 102 valence electrons. The molecule has 0 N–H and O–H groups in total. The number of rotatable bonds is 5. The van der Waals surface area contributed by atoms with Gasteiger partial charge >= 0.3 is 0 Å². The molecule has 20 heavy (non-hydrogen) atoms. The van der Waals surface area contributed by atoms with Gasteiger partial charge in [-0.1, -0.05) is 58.1 Å². The first-order valence-corrected chi connectivity index (χ1v) is 7.33. The highest BCUT2D eigenvalue weighted by atomic mass is 79.9. The molecular formula is C17H15BrO2. The molecule has 0 amide bonds. The number of halogens is 1. The summed E-state index contributed by atoms with van der Waals surface area (Å²) >= 11 is 3.27. The number of Topliss-reactive ketones (excluding diaryl/α,β-unsaturated/α-hetero) is 1. The highest BCUT2D eigenvalue weighted by molar-refractivity contribution is 9.10. The molecule has 1 aromatic rings. The molecule has 0 saturated carbocycles. The fourth-order valence-corrected chi connectivity index (χ4v) is 1.96. The lowest BCUT2D eigenvalue weighted by atomic mass is 10.1. The van der Waals surface area contributed by atoms with Crippen molar-refractivity contribution in [1.29, 1.82) is 0 Å². The fourth-order valence-electron chi connectivity index (χ4n) is 1.71. The summed E-state index contributed by atoms with van der Waals surface area (Å²) in [5, 5.41) is 0. The van der Waals surface area contributed by atoms with Crippen molar-refractivity contribution in [3.05, 3.63) is 59.4 Å². The number of hydrogen-bond donors (Lipinski definition) is 0. The van der Waals surface area contributed by atoms with Gasteiger partial charge in [0.15, 0.2) is 5.78 Å². The van der Waals surface area contributed by atoms with Crippen LogP contribution in [-0.4, -0.2) is 10.6 Å². The number of hydrogen-bond acceptors (Lipinski definition) is 2. The molecule has 1 aliphatic rings. The van der Waals surface area contributed by atoms with Crippen LogP contribution < -0.4 is 0 Å². The normalized spacial score (nSPS) is 15.1. The second kappa shape index (κ2) is 7.12. The standard InChI is InChI=1S/C17H15BrO2/c1-13(18)17(19)15-8-5-9-16(11-10-15)20-12-14-6-3-2-4-7-14/h2-4,6-7,10-11,13H,9,12H2,1H3. The van der Waals surface area contributed by atoms with Crippen molar-refractivity contribution < 1.29 is 9.53 Å². The number of carbonyl (C=O) groups is 1. The first kappa shape index (κ1) is 14.6. The molecular weight excluding hydrogens is 316 g/mol. The molecule has 0 bridgehead atoms. The van der Waals surface area contributed by atoms with Crippen LogP contribution in [-0.2, 0) is 16.1 Å². The van der Waals surface area contributed by atoms with Crippen molar-refractivity contribution >= 4 is 21.7 Å². The summed E-state index contributed by atoms with van der Waals surface area (Å²) in [5.74, 6) is 6.64. The van der Waals surface area contributed by atoms with Crippen LogP contribution in [0.5, 0.6) is 0 Å². The van der Waals surface area contributed by atoms with Crippen LogP contribution in [0.2, 0.25) is 0 Å². The summed E-state index contributed by atoms with van der Waals surface area (Å²) in [5.41, 5.74) is 1.63. The molecule has 1 unspecified atom stereocenters. The Hall–Kier alpha value is -1.79. The van der Waals surface area contributed by atoms with E-state index in [0.717, 1.165) is 11.3 Å². The zero-order valence-electron chi connectivity index (χ0n) is 11.2. The number of carbonyl (C=O) groups excluding carboxylic acids is 1. The monoisotopic (exact) mass is 330 g/mol. The first-order valence-electron chi connectivity index (χ1n) is 6.41. The molecule has 1 aromatic carbocycles. The maximum absolute atomic E-state index is 11.8. The van der Waals surface area contributed by atoms with Gasteiger partial charge in [-0.25, -0.2) is 0 Å². The van der Waals surface area contributed by atoms with Gasteiger partial charge in [0.2, 0.25) is 0 Å². The van der Waals surface area contributed by atoms with Crippen LogP contribution in [0.1, 0.15) is 18.9 Å². The van der Waals surface area contributed by atoms with E-state index in [9.17, 15) is 4.79 Å². The molecule has 1 atom stereocenters. The van der Waals surface area contributed by atoms with E-state index in [2.05, 4.69) is 27.8 Å². The third-order valence-corrected chi connectivity index (χ3v) is 3.23. The average molecular weight is 331 g/mol. The molecule has 0 heterocycles. The Morgan fingerprint density at radius 2 is 2.10 bits per heavy atom. The van der Waals surface area contributed by atoms with Crippen molar-refractivity contribution in [3.63, 3.8) is 0 Å². The van der Waals surface area contributed by atoms with Gasteiger partial charge in [0, 0.05) is 0 Å². The first-order chi connectivity index (χ1) is 9.66. The second-order valence-electron chi connectivity index (χ2n) is 4.45. The van der Waals surface area contributed by atoms with Gasteiger partial charge in [0.25, 0.3) is 0 Å². The molecule has 1 aliphatic carbocycles. The maximum atomic E-state index is 11.8. The summed E-state index contributed by atoms with van der Waals surface area (Å²) in [7, 11) is 0. The topological polar surface area (TPSA) is 26.3 Å². The van der Waals surface area contributed by atoms with Crippen molar-refractivity contribution in [2.45, 2.75) is 24.8 Å². The van der Waals surface area contributed by atoms with Gasteiger partial charge in [0.05, 0.1) is 16.8 Å². The van der Waals surface area contributed by atoms with Crippen LogP contribution >= 0.6 is 15.9 Å². The molecule has 0 aliphatic heterocycles. The Bertz CT molecular complexity index is 601. The molecule has 0 radical (unpaired) electrons. The summed E-state index contributed by atoms with van der Waals surface area (Å²) < 4.78 is 5.73. The molecule has 2 rings (SSSR count). The minimum Gasteiger partial charge on any atom is -0.492 e. The molecule has 0 spiro atoms. The Labute approximate surface area is 127 Å². The molecule has 0 saturated heterocycles. The minimum absolute atomic E-state index is 0.00180. The van der Waals surface area contributed by atoms with Gasteiger partial charge in [-0.2, -0.15) is 0 Å². The van der Waals surface area contributed by atoms with E-state index in [1.54, 1.807) is 13.0 Å². The number of alkyl halides is 1. The molecule has 0 fully saturated rings. The maximum Gasteiger partial charge on any atom is 0.184 e. The number of ketones is 1. The van der Waals surface area contributed by atoms with E-state index >= 15 is 0 Å². The second-order valence-corrected chi connectivity index (χ2v) is 5.82. The summed E-state index contributed by atoms with van der Waals surface area (Å²) in [4.78, 5) is 11.6. The predicted molar refractivity (Wildman–Crippen MR) is 83.2 cm³/mol. The highest BCUT2D eigenvalue weighted by Gasteiger charge is 2.13. The zero-order valence-corrected chi connectivity index (χ0v) is 12.8. The van der Waals surface area contributed by atoms with E-state index < -0.39 is 0 Å². The van der Waals surface area contributed by atoms with Crippen molar-refractivity contribution in [2.24, 2.45) is 0 Å². The molecule has 0 aromatic heterocycles. The van der Waals surface area contributed by atoms with Gasteiger partial charge in [-0.3, -0.25) is 4.79 Å². The third kappa shape index (κ3) is 4.11. The smallest absolute Gasteiger partial charge is 0.184 e. The Balaban J connectivity index is 2.01. The number of allylic oxidation sites excluding steroid dienone is 4. The van der Waals surface area contributed by atoms with Crippen molar-refractivity contribution in [2.75, 3.05) is 0 Å². The van der Waals surface area contributed by atoms with E-state index in [1.165, 1.54) is 0 Å². The molecule has 3 heteroatoms. The van der Waals surface area contributed by atoms with Crippen LogP contribution in [0.3, 0.4) is 0 Å². The predicted octanol–water partition coefficient (Wildman–Crippen LogP) is 3.77. The lowest BCUT2D eigenvalue weighted by molar-refractivity contribution is -0.114. The Kier molecular flexibility index (Phi) is 5.20. The number of ether oxygens (including phenoxy) is 1. The lowest BCUT2D eigenvalue weighted by Crippen LogP contribution is -2.11. The van der Waals surface area contributed by atoms with Gasteiger partial charge in [-0.15, -0.1) is 0 Å². The van der Waals surface area contributed by atoms with Crippen molar-refractivity contribution in [1.82, 2.24) is 0 Å². The highest BCUT2D eigenvalue weighted by Crippen LogP contribution is 2.14. The van der Waals surface area contributed by atoms with E-state index in [1.807, 2.05) is 36.4 Å². The quantitative estimate of drug-likeness (QED) is 0.606. The van der Waals surface area contributed by atoms with Gasteiger partial charge in [-0.05, 0) is 24.6 Å². The average Bonchev–Trinajstić information content (AvgIpc) is 2.71. The van der Waals surface area contributed by atoms with Crippen LogP contribution in [0, 0.1) is 11.8 Å². The van der Waals surface area contributed by atoms with Crippen LogP contribution in [0.4, 0.5) is 0 Å². The Morgan fingerprint density at radius 1 is 1.35 bits per heavy atom. The molecule has 2 nitrogen and oxygen atoms in total. The Morgan fingerprint density at radius 3 is 2.80 bits per heavy atom. The van der Waals surface area contributed by atoms with Crippen LogP contribution in [0.15, 0.2) is 53.8 Å². The zero-order chi connectivity index (χ0) is 14.4. The third-order valence-electron chi connectivity index (χ3n) is 2.82. The summed E-state index contributed by atoms with van der Waals surface area (Å²) in [6.45, 7) is 2.31. The van der Waals surface area contributed by atoms with Crippen molar-refractivity contribution in [3.8, 4) is 11.8 Å². The number of benzene rings is 1. The summed E-state index contributed by atoms with van der Waals surface area (Å²) in [6, 6.07) is 9.96. The fraction of sp³-hybridized carbons (Fsp3) is 0.235.